The van der Waals surface area contributed by atoms with Gasteiger partial charge in [0.2, 0.25) is 0 Å². The third-order valence-electron chi connectivity index (χ3n) is 4.93. The van der Waals surface area contributed by atoms with Crippen LogP contribution in [0.15, 0.2) is 90.8 Å². The molecule has 1 heterocycles. The number of ether oxygens (including phenoxy) is 2. The minimum Gasteiger partial charge on any atom is -0.497 e. The zero-order valence-electron chi connectivity index (χ0n) is 16.7. The zero-order valence-corrected chi connectivity index (χ0v) is 16.7. The minimum absolute atomic E-state index is 0.724. The highest BCUT2D eigenvalue weighted by Gasteiger charge is 2.25. The third-order valence-corrected chi connectivity index (χ3v) is 4.93. The summed E-state index contributed by atoms with van der Waals surface area (Å²) in [7, 11) is 3.37. The molecule has 0 amide bonds. The summed E-state index contributed by atoms with van der Waals surface area (Å²) in [6, 6.07) is 26.8. The molecule has 0 atom stereocenters. The van der Waals surface area contributed by atoms with Gasteiger partial charge in [-0.2, -0.15) is 0 Å². The van der Waals surface area contributed by atoms with Gasteiger partial charge in [0, 0.05) is 12.6 Å². The monoisotopic (exact) mass is 387 g/mol. The highest BCUT2D eigenvalue weighted by atomic mass is 16.5. The summed E-state index contributed by atoms with van der Waals surface area (Å²) in [5, 5.41) is 4.35. The van der Waals surface area contributed by atoms with E-state index >= 15 is 0 Å². The average molecular weight is 387 g/mol. The Morgan fingerprint density at radius 1 is 0.724 bits per heavy atom. The van der Waals surface area contributed by atoms with Crippen molar-refractivity contribution in [2.45, 2.75) is 13.0 Å². The van der Waals surface area contributed by atoms with Crippen LogP contribution in [0.25, 0.3) is 0 Å². The number of para-hydroxylation sites is 1. The van der Waals surface area contributed by atoms with E-state index in [4.69, 9.17) is 9.47 Å². The molecule has 0 unspecified atom stereocenters. The molecule has 0 bridgehead atoms. The lowest BCUT2D eigenvalue weighted by Crippen LogP contribution is -2.42. The van der Waals surface area contributed by atoms with Gasteiger partial charge in [-0.25, -0.2) is 0 Å². The predicted molar refractivity (Wildman–Crippen MR) is 115 cm³/mol. The van der Waals surface area contributed by atoms with Crippen molar-refractivity contribution in [1.29, 1.82) is 0 Å². The number of hydrazine groups is 2. The van der Waals surface area contributed by atoms with E-state index in [1.54, 1.807) is 14.2 Å². The van der Waals surface area contributed by atoms with Crippen LogP contribution in [0.2, 0.25) is 0 Å². The Morgan fingerprint density at radius 3 is 1.90 bits per heavy atom. The molecular weight excluding hydrogens is 362 g/mol. The SMILES string of the molecule is COc1ccc(CC2=CNN(Cc3ccc(OC)cc3)N2c2ccccc2)cc1. The van der Waals surface area contributed by atoms with Crippen LogP contribution in [0.1, 0.15) is 11.1 Å². The Hall–Kier alpha value is -3.44. The fraction of sp³-hybridized carbons (Fsp3) is 0.167. The van der Waals surface area contributed by atoms with Gasteiger partial charge >= 0.3 is 0 Å². The van der Waals surface area contributed by atoms with Crippen LogP contribution in [0.5, 0.6) is 11.5 Å². The maximum atomic E-state index is 5.28. The number of anilines is 1. The van der Waals surface area contributed by atoms with Crippen LogP contribution in [-0.4, -0.2) is 19.3 Å². The fourth-order valence-corrected chi connectivity index (χ4v) is 3.40. The molecule has 3 aromatic rings. The van der Waals surface area contributed by atoms with Crippen molar-refractivity contribution in [3.05, 3.63) is 102 Å². The second kappa shape index (κ2) is 8.71. The Morgan fingerprint density at radius 2 is 1.31 bits per heavy atom. The largest absolute Gasteiger partial charge is 0.497 e. The van der Waals surface area contributed by atoms with Gasteiger partial charge in [0.05, 0.1) is 32.1 Å². The summed E-state index contributed by atoms with van der Waals surface area (Å²) in [5.41, 5.74) is 8.13. The maximum absolute atomic E-state index is 5.28. The average Bonchev–Trinajstić information content (AvgIpc) is 3.17. The topological polar surface area (TPSA) is 37.0 Å². The van der Waals surface area contributed by atoms with Crippen molar-refractivity contribution in [3.8, 4) is 11.5 Å². The highest BCUT2D eigenvalue weighted by Crippen LogP contribution is 2.28. The minimum atomic E-state index is 0.724. The number of methoxy groups -OCH3 is 2. The number of allylic oxidation sites excluding steroid dienone is 1. The summed E-state index contributed by atoms with van der Waals surface area (Å²) >= 11 is 0. The number of hydrogen-bond donors (Lipinski definition) is 1. The van der Waals surface area contributed by atoms with Crippen molar-refractivity contribution in [1.82, 2.24) is 10.5 Å². The van der Waals surface area contributed by atoms with Gasteiger partial charge in [0.25, 0.3) is 0 Å². The molecule has 0 radical (unpaired) electrons. The van der Waals surface area contributed by atoms with Crippen molar-refractivity contribution in [2.24, 2.45) is 0 Å². The third kappa shape index (κ3) is 4.36. The summed E-state index contributed by atoms with van der Waals surface area (Å²) < 4.78 is 10.5. The normalized spacial score (nSPS) is 13.7. The molecule has 0 aromatic heterocycles. The molecular formula is C24H25N3O2. The number of benzene rings is 3. The van der Waals surface area contributed by atoms with Gasteiger partial charge in [-0.15, -0.1) is 5.12 Å². The van der Waals surface area contributed by atoms with Gasteiger partial charge < -0.3 is 14.9 Å². The van der Waals surface area contributed by atoms with Crippen molar-refractivity contribution < 1.29 is 9.47 Å². The first-order valence-electron chi connectivity index (χ1n) is 9.60. The molecule has 0 saturated carbocycles. The Labute approximate surface area is 171 Å². The molecule has 0 saturated heterocycles. The number of hydrogen-bond acceptors (Lipinski definition) is 5. The molecule has 1 N–H and O–H groups in total. The second-order valence-corrected chi connectivity index (χ2v) is 6.84. The molecule has 1 aliphatic rings. The molecule has 29 heavy (non-hydrogen) atoms. The zero-order chi connectivity index (χ0) is 20.1. The first-order chi connectivity index (χ1) is 14.3. The van der Waals surface area contributed by atoms with Gasteiger partial charge in [-0.3, -0.25) is 5.01 Å². The number of nitrogens with one attached hydrogen (secondary N) is 1. The lowest BCUT2D eigenvalue weighted by molar-refractivity contribution is 0.228. The van der Waals surface area contributed by atoms with Crippen molar-refractivity contribution in [3.63, 3.8) is 0 Å². The Bertz CT molecular complexity index is 954. The quantitative estimate of drug-likeness (QED) is 0.645. The maximum Gasteiger partial charge on any atom is 0.118 e. The van der Waals surface area contributed by atoms with E-state index in [1.165, 1.54) is 16.8 Å². The van der Waals surface area contributed by atoms with Crippen LogP contribution in [0, 0.1) is 0 Å². The molecule has 3 aromatic carbocycles. The van der Waals surface area contributed by atoms with E-state index in [-0.39, 0.29) is 0 Å². The van der Waals surface area contributed by atoms with E-state index in [0.717, 1.165) is 30.2 Å². The van der Waals surface area contributed by atoms with Gasteiger partial charge in [-0.1, -0.05) is 42.5 Å². The number of rotatable bonds is 7. The van der Waals surface area contributed by atoms with Crippen LogP contribution in [0.4, 0.5) is 5.69 Å². The Balaban J connectivity index is 1.56. The van der Waals surface area contributed by atoms with Gasteiger partial charge in [0.1, 0.15) is 11.5 Å². The van der Waals surface area contributed by atoms with Crippen LogP contribution in [0.3, 0.4) is 0 Å². The molecule has 4 rings (SSSR count). The number of nitrogens with zero attached hydrogens (tertiary/aromatic N) is 2. The molecule has 1 aliphatic heterocycles. The lowest BCUT2D eigenvalue weighted by Gasteiger charge is -2.32. The molecule has 148 valence electrons. The molecule has 0 fully saturated rings. The fourth-order valence-electron chi connectivity index (χ4n) is 3.40. The molecule has 0 aliphatic carbocycles. The molecule has 5 heteroatoms. The summed E-state index contributed by atoms with van der Waals surface area (Å²) in [6.07, 6.45) is 2.88. The highest BCUT2D eigenvalue weighted by molar-refractivity contribution is 5.53. The first kappa shape index (κ1) is 18.9. The lowest BCUT2D eigenvalue weighted by atomic mass is 10.1. The predicted octanol–water partition coefficient (Wildman–Crippen LogP) is 4.53. The van der Waals surface area contributed by atoms with E-state index in [1.807, 2.05) is 30.3 Å². The van der Waals surface area contributed by atoms with E-state index in [2.05, 4.69) is 70.3 Å². The van der Waals surface area contributed by atoms with Crippen molar-refractivity contribution >= 4 is 5.69 Å². The summed E-state index contributed by atoms with van der Waals surface area (Å²) in [5.74, 6) is 1.73. The van der Waals surface area contributed by atoms with Crippen LogP contribution >= 0.6 is 0 Å². The van der Waals surface area contributed by atoms with Crippen LogP contribution < -0.4 is 19.9 Å². The smallest absolute Gasteiger partial charge is 0.118 e. The van der Waals surface area contributed by atoms with Gasteiger partial charge in [0.15, 0.2) is 0 Å². The second-order valence-electron chi connectivity index (χ2n) is 6.84. The van der Waals surface area contributed by atoms with E-state index in [0.29, 0.717) is 0 Å². The van der Waals surface area contributed by atoms with E-state index in [9.17, 15) is 0 Å². The van der Waals surface area contributed by atoms with Crippen molar-refractivity contribution in [2.75, 3.05) is 19.2 Å². The molecule has 5 nitrogen and oxygen atoms in total. The van der Waals surface area contributed by atoms with E-state index < -0.39 is 0 Å². The Kier molecular flexibility index (Phi) is 5.68. The standard InChI is InChI=1S/C24H25N3O2/c1-28-23-12-8-19(9-13-23)16-22-17-25-26(27(22)21-6-4-3-5-7-21)18-20-10-14-24(29-2)15-11-20/h3-15,17,25H,16,18H2,1-2H3. The summed E-state index contributed by atoms with van der Waals surface area (Å²) in [6.45, 7) is 0.724. The van der Waals surface area contributed by atoms with Crippen LogP contribution in [-0.2, 0) is 13.0 Å². The first-order valence-corrected chi connectivity index (χ1v) is 9.60. The summed E-state index contributed by atoms with van der Waals surface area (Å²) in [4.78, 5) is 0. The molecule has 0 spiro atoms. The van der Waals surface area contributed by atoms with Gasteiger partial charge in [-0.05, 0) is 47.5 Å².